The van der Waals surface area contributed by atoms with E-state index in [-0.39, 0.29) is 18.0 Å². The second-order valence-electron chi connectivity index (χ2n) is 12.5. The quantitative estimate of drug-likeness (QED) is 0.317. The predicted molar refractivity (Wildman–Crippen MR) is 157 cm³/mol. The fraction of sp³-hybridized carbons (Fsp3) is 0.581. The lowest BCUT2D eigenvalue weighted by atomic mass is 9.85. The molecule has 1 aliphatic carbocycles. The van der Waals surface area contributed by atoms with Gasteiger partial charge in [-0.3, -0.25) is 9.59 Å². The molecule has 5 atom stereocenters. The lowest BCUT2D eigenvalue weighted by Gasteiger charge is -2.35. The van der Waals surface area contributed by atoms with Crippen molar-refractivity contribution in [1.29, 1.82) is 0 Å². The average molecular weight is 619 g/mol. The van der Waals surface area contributed by atoms with Crippen molar-refractivity contribution >= 4 is 29.0 Å². The third-order valence-electron chi connectivity index (χ3n) is 7.94. The number of alkyl carbamates (subject to hydrolysis) is 1. The number of H-pyrrole nitrogens is 1. The predicted octanol–water partition coefficient (Wildman–Crippen LogP) is 4.06. The molecular formula is C31H40F2N4O7. The molecule has 1 aromatic carbocycles. The summed E-state index contributed by atoms with van der Waals surface area (Å²) in [6, 6.07) is 4.69. The SMILES string of the molecule is COC(=O)[C@@H]1C[C@H](C)CN1C(=O)[C@@H](NC(=O)O[C@@H]1CCC[C@H]1OC/C=C/C(F)(F)c1nc2ccccc2[nH]c1=O)C(C)(C)C. The first-order valence-electron chi connectivity index (χ1n) is 14.7. The number of nitrogens with zero attached hydrogens (tertiary/aromatic N) is 2. The zero-order chi connectivity index (χ0) is 32.2. The fourth-order valence-electron chi connectivity index (χ4n) is 5.68. The molecule has 0 unspecified atom stereocenters. The second kappa shape index (κ2) is 13.4. The molecule has 1 aliphatic heterocycles. The topological polar surface area (TPSA) is 140 Å². The van der Waals surface area contributed by atoms with Gasteiger partial charge in [0, 0.05) is 6.54 Å². The first-order valence-corrected chi connectivity index (χ1v) is 14.7. The van der Waals surface area contributed by atoms with Crippen molar-refractivity contribution in [2.75, 3.05) is 20.3 Å². The van der Waals surface area contributed by atoms with Crippen LogP contribution in [0.4, 0.5) is 13.6 Å². The largest absolute Gasteiger partial charge is 0.467 e. The van der Waals surface area contributed by atoms with Gasteiger partial charge in [0.2, 0.25) is 5.91 Å². The van der Waals surface area contributed by atoms with Crippen molar-refractivity contribution in [3.63, 3.8) is 0 Å². The minimum Gasteiger partial charge on any atom is -0.467 e. The fourth-order valence-corrected chi connectivity index (χ4v) is 5.68. The minimum atomic E-state index is -3.64. The number of esters is 1. The summed E-state index contributed by atoms with van der Waals surface area (Å²) in [6.07, 6.45) is 1.85. The van der Waals surface area contributed by atoms with Gasteiger partial charge in [-0.1, -0.05) is 45.9 Å². The zero-order valence-corrected chi connectivity index (χ0v) is 25.6. The summed E-state index contributed by atoms with van der Waals surface area (Å²) >= 11 is 0. The Morgan fingerprint density at radius 2 is 1.89 bits per heavy atom. The number of benzene rings is 1. The molecule has 4 rings (SSSR count). The number of ether oxygens (including phenoxy) is 3. The Morgan fingerprint density at radius 1 is 1.18 bits per heavy atom. The van der Waals surface area contributed by atoms with Crippen LogP contribution in [0.1, 0.15) is 59.1 Å². The van der Waals surface area contributed by atoms with Crippen LogP contribution in [0.15, 0.2) is 41.2 Å². The Hall–Kier alpha value is -3.87. The van der Waals surface area contributed by atoms with Gasteiger partial charge >= 0.3 is 18.0 Å². The van der Waals surface area contributed by atoms with E-state index >= 15 is 0 Å². The summed E-state index contributed by atoms with van der Waals surface area (Å²) in [7, 11) is 1.27. The van der Waals surface area contributed by atoms with Crippen LogP contribution < -0.4 is 10.9 Å². The van der Waals surface area contributed by atoms with Gasteiger partial charge in [-0.25, -0.2) is 14.6 Å². The molecule has 2 heterocycles. The summed E-state index contributed by atoms with van der Waals surface area (Å²) < 4.78 is 46.0. The molecule has 0 spiro atoms. The highest BCUT2D eigenvalue weighted by Crippen LogP contribution is 2.30. The highest BCUT2D eigenvalue weighted by atomic mass is 19.3. The Labute approximate surface area is 254 Å². The third-order valence-corrected chi connectivity index (χ3v) is 7.94. The van der Waals surface area contributed by atoms with E-state index in [1.54, 1.807) is 39.0 Å². The number of hydrogen-bond acceptors (Lipinski definition) is 8. The number of rotatable bonds is 9. The van der Waals surface area contributed by atoms with E-state index < -0.39 is 64.9 Å². The van der Waals surface area contributed by atoms with Gasteiger partial charge in [-0.2, -0.15) is 8.78 Å². The molecule has 2 aromatic rings. The van der Waals surface area contributed by atoms with Gasteiger partial charge in [0.1, 0.15) is 18.2 Å². The lowest BCUT2D eigenvalue weighted by molar-refractivity contribution is -0.152. The number of aromatic amines is 1. The number of aromatic nitrogens is 2. The first kappa shape index (κ1) is 33.0. The number of halogens is 2. The Balaban J connectivity index is 1.35. The molecule has 2 N–H and O–H groups in total. The summed E-state index contributed by atoms with van der Waals surface area (Å²) in [5.41, 5.74) is -2.01. The average Bonchev–Trinajstić information content (AvgIpc) is 3.58. The molecule has 240 valence electrons. The Morgan fingerprint density at radius 3 is 2.59 bits per heavy atom. The molecule has 0 radical (unpaired) electrons. The van der Waals surface area contributed by atoms with Crippen LogP contribution in [-0.2, 0) is 29.7 Å². The van der Waals surface area contributed by atoms with E-state index in [0.717, 1.165) is 6.08 Å². The number of likely N-dealkylation sites (tertiary alicyclic amines) is 1. The highest BCUT2D eigenvalue weighted by molar-refractivity contribution is 5.90. The van der Waals surface area contributed by atoms with Crippen LogP contribution in [0.2, 0.25) is 0 Å². The van der Waals surface area contributed by atoms with Crippen molar-refractivity contribution < 1.29 is 37.4 Å². The van der Waals surface area contributed by atoms with Crippen molar-refractivity contribution in [3.8, 4) is 0 Å². The minimum absolute atomic E-state index is 0.0885. The van der Waals surface area contributed by atoms with Crippen molar-refractivity contribution in [3.05, 3.63) is 52.5 Å². The number of carbonyl (C=O) groups excluding carboxylic acids is 3. The lowest BCUT2D eigenvalue weighted by Crippen LogP contribution is -2.57. The van der Waals surface area contributed by atoms with Crippen LogP contribution in [-0.4, -0.2) is 77.4 Å². The number of allylic oxidation sites excluding steroid dienone is 1. The summed E-state index contributed by atoms with van der Waals surface area (Å²) in [5, 5.41) is 2.68. The maximum absolute atomic E-state index is 14.8. The van der Waals surface area contributed by atoms with E-state index in [9.17, 15) is 28.0 Å². The molecule has 1 saturated heterocycles. The molecule has 1 aromatic heterocycles. The normalized spacial score (nSPS) is 23.2. The number of nitrogens with one attached hydrogen (secondary N) is 2. The molecule has 2 fully saturated rings. The van der Waals surface area contributed by atoms with E-state index in [2.05, 4.69) is 15.3 Å². The van der Waals surface area contributed by atoms with E-state index in [0.29, 0.717) is 43.8 Å². The van der Waals surface area contributed by atoms with Gasteiger partial charge in [0.25, 0.3) is 5.56 Å². The van der Waals surface area contributed by atoms with Crippen LogP contribution in [0.25, 0.3) is 11.0 Å². The number of amides is 2. The van der Waals surface area contributed by atoms with Gasteiger partial charge in [0.15, 0.2) is 5.69 Å². The number of fused-ring (bicyclic) bond motifs is 1. The van der Waals surface area contributed by atoms with Crippen molar-refractivity contribution in [2.45, 2.75) is 83.6 Å². The summed E-state index contributed by atoms with van der Waals surface area (Å²) in [4.78, 5) is 58.9. The van der Waals surface area contributed by atoms with Gasteiger partial charge in [-0.05, 0) is 55.2 Å². The zero-order valence-electron chi connectivity index (χ0n) is 25.6. The molecule has 0 bridgehead atoms. The molecule has 2 aliphatic rings. The van der Waals surface area contributed by atoms with E-state index in [1.165, 1.54) is 18.1 Å². The van der Waals surface area contributed by atoms with Crippen LogP contribution >= 0.6 is 0 Å². The number of hydrogen-bond donors (Lipinski definition) is 2. The summed E-state index contributed by atoms with van der Waals surface area (Å²) in [5.74, 6) is -4.46. The maximum atomic E-state index is 14.8. The Bertz CT molecular complexity index is 1450. The monoisotopic (exact) mass is 618 g/mol. The van der Waals surface area contributed by atoms with E-state index in [1.807, 2.05) is 6.92 Å². The number of alkyl halides is 2. The molecule has 1 saturated carbocycles. The maximum Gasteiger partial charge on any atom is 0.408 e. The number of carbonyl (C=O) groups is 3. The molecule has 44 heavy (non-hydrogen) atoms. The number of methoxy groups -OCH3 is 1. The van der Waals surface area contributed by atoms with Crippen molar-refractivity contribution in [1.82, 2.24) is 20.2 Å². The number of para-hydroxylation sites is 2. The van der Waals surface area contributed by atoms with E-state index in [4.69, 9.17) is 14.2 Å². The highest BCUT2D eigenvalue weighted by Gasteiger charge is 2.45. The van der Waals surface area contributed by atoms with Gasteiger partial charge in [-0.15, -0.1) is 0 Å². The third kappa shape index (κ3) is 7.61. The van der Waals surface area contributed by atoms with Crippen LogP contribution in [0.3, 0.4) is 0 Å². The summed E-state index contributed by atoms with van der Waals surface area (Å²) in [6.45, 7) is 7.48. The first-order chi connectivity index (χ1) is 20.7. The molecule has 2 amide bonds. The van der Waals surface area contributed by atoms with Gasteiger partial charge < -0.3 is 29.4 Å². The van der Waals surface area contributed by atoms with Gasteiger partial charge in [0.05, 0.1) is 30.9 Å². The Kier molecular flexibility index (Phi) is 10.1. The van der Waals surface area contributed by atoms with Crippen molar-refractivity contribution in [2.24, 2.45) is 11.3 Å². The second-order valence-corrected chi connectivity index (χ2v) is 12.5. The molecular weight excluding hydrogens is 578 g/mol. The van der Waals surface area contributed by atoms with Crippen LogP contribution in [0, 0.1) is 11.3 Å². The molecule has 13 heteroatoms. The molecule has 11 nitrogen and oxygen atoms in total. The standard InChI is InChI=1S/C31H40F2N4O7/c1-18-16-21(28(40)42-5)37(17-18)27(39)25(30(2,3)4)36-29(41)44-23-13-8-12-22(23)43-15-9-14-31(32,33)24-26(38)35-20-11-7-6-10-19(20)34-24/h6-7,9-11,14,18,21-23,25H,8,12-13,15-17H2,1-5H3,(H,35,38)(H,36,41)/b14-9+/t18-,21-,22+,23+,25+/m0/s1. The smallest absolute Gasteiger partial charge is 0.408 e. The van der Waals surface area contributed by atoms with Crippen LogP contribution in [0.5, 0.6) is 0 Å².